The van der Waals surface area contributed by atoms with Gasteiger partial charge in [0.05, 0.1) is 8.78 Å². The van der Waals surface area contributed by atoms with Crippen LogP contribution in [0.15, 0.2) is 24.3 Å². The van der Waals surface area contributed by atoms with Crippen molar-refractivity contribution < 1.29 is 31.4 Å². The van der Waals surface area contributed by atoms with Crippen LogP contribution in [0.5, 0.6) is 5.75 Å². The summed E-state index contributed by atoms with van der Waals surface area (Å²) in [5.41, 5.74) is -1.62. The lowest BCUT2D eigenvalue weighted by atomic mass is 9.98. The third kappa shape index (κ3) is 9.21. The van der Waals surface area contributed by atoms with Crippen LogP contribution < -0.4 is 20.7 Å². The van der Waals surface area contributed by atoms with Crippen molar-refractivity contribution in [1.82, 2.24) is 16.0 Å². The summed E-state index contributed by atoms with van der Waals surface area (Å²) in [4.78, 5) is 48.9. The fraction of sp³-hybridized carbons (Fsp3) is 0.583. The largest absolute Gasteiger partial charge is 0.484 e. The van der Waals surface area contributed by atoms with Crippen LogP contribution in [-0.4, -0.2) is 55.0 Å². The number of alkyl carbamates (subject to hydrolysis) is 1. The summed E-state index contributed by atoms with van der Waals surface area (Å²) in [5.74, 6) is -0.910. The average molecular weight is 498 g/mol. The van der Waals surface area contributed by atoms with Crippen molar-refractivity contribution in [1.29, 1.82) is 0 Å². The van der Waals surface area contributed by atoms with Gasteiger partial charge in [-0.15, -0.1) is 0 Å². The van der Waals surface area contributed by atoms with Crippen LogP contribution in [0.25, 0.3) is 0 Å². The van der Waals surface area contributed by atoms with Crippen molar-refractivity contribution >= 4 is 35.8 Å². The molecular formula is C24H34ClN3O6. The van der Waals surface area contributed by atoms with E-state index >= 15 is 0 Å². The zero-order valence-electron chi connectivity index (χ0n) is 21.9. The average Bonchev–Trinajstić information content (AvgIpc) is 3.15. The monoisotopic (exact) mass is 497 g/mol. The molecule has 3 amide bonds. The van der Waals surface area contributed by atoms with Crippen molar-refractivity contribution in [3.63, 3.8) is 0 Å². The molecule has 1 aliphatic heterocycles. The molecule has 0 saturated carbocycles. The van der Waals surface area contributed by atoms with Crippen LogP contribution in [0.3, 0.4) is 0 Å². The second-order valence-electron chi connectivity index (χ2n) is 9.15. The van der Waals surface area contributed by atoms with Crippen LogP contribution in [0.2, 0.25) is 5.02 Å². The van der Waals surface area contributed by atoms with Gasteiger partial charge in [0.2, 0.25) is 11.8 Å². The molecule has 1 fully saturated rings. The molecule has 1 heterocycles. The Balaban J connectivity index is 2.04. The summed E-state index contributed by atoms with van der Waals surface area (Å²) in [5, 5.41) is 8.05. The van der Waals surface area contributed by atoms with Gasteiger partial charge >= 0.3 is 6.09 Å². The maximum atomic E-state index is 12.9. The molecule has 2 rings (SSSR count). The third-order valence-corrected chi connectivity index (χ3v) is 5.30. The van der Waals surface area contributed by atoms with E-state index in [4.69, 9.17) is 23.8 Å². The van der Waals surface area contributed by atoms with Gasteiger partial charge in [0.1, 0.15) is 30.2 Å². The maximum absolute atomic E-state index is 12.9. The Morgan fingerprint density at radius 2 is 2.09 bits per heavy atom. The van der Waals surface area contributed by atoms with Crippen molar-refractivity contribution in [2.45, 2.75) is 64.6 Å². The minimum atomic E-state index is -2.60. The molecule has 1 aliphatic rings. The van der Waals surface area contributed by atoms with Gasteiger partial charge in [0.15, 0.2) is 0 Å². The topological polar surface area (TPSA) is 123 Å². The lowest BCUT2D eigenvalue weighted by Crippen LogP contribution is -2.51. The molecule has 1 aromatic rings. The van der Waals surface area contributed by atoms with Gasteiger partial charge in [0.25, 0.3) is 0 Å². The fourth-order valence-corrected chi connectivity index (χ4v) is 3.68. The number of hydrogen-bond donors (Lipinski definition) is 3. The summed E-state index contributed by atoms with van der Waals surface area (Å²) in [7, 11) is 0. The first kappa shape index (κ1) is 24.3. The lowest BCUT2D eigenvalue weighted by molar-refractivity contribution is -0.127. The molecule has 0 aromatic heterocycles. The third-order valence-electron chi connectivity index (χ3n) is 5.07. The maximum Gasteiger partial charge on any atom is 0.407 e. The highest BCUT2D eigenvalue weighted by Crippen LogP contribution is 2.22. The van der Waals surface area contributed by atoms with E-state index in [1.54, 1.807) is 18.2 Å². The Hall–Kier alpha value is -2.81. The second-order valence-corrected chi connectivity index (χ2v) is 9.59. The molecule has 0 bridgehead atoms. The number of ether oxygens (including phenoxy) is 2. The smallest absolute Gasteiger partial charge is 0.407 e. The fourth-order valence-electron chi connectivity index (χ4n) is 3.50. The van der Waals surface area contributed by atoms with E-state index in [-0.39, 0.29) is 36.3 Å². The first-order chi connectivity index (χ1) is 16.7. The highest BCUT2D eigenvalue weighted by molar-refractivity contribution is 6.30. The molecule has 0 aliphatic carbocycles. The molecule has 3 atom stereocenters. The molecule has 34 heavy (non-hydrogen) atoms. The van der Waals surface area contributed by atoms with E-state index in [1.165, 1.54) is 19.9 Å². The number of nitrogens with one attached hydrogen (secondary N) is 3. The number of halogens is 1. The van der Waals surface area contributed by atoms with E-state index < -0.39 is 36.2 Å². The molecule has 3 N–H and O–H groups in total. The quantitative estimate of drug-likeness (QED) is 0.381. The van der Waals surface area contributed by atoms with Crippen LogP contribution in [0.4, 0.5) is 4.79 Å². The standard InChI is InChI=1S/C24H34ClN3O6/c1-15(2)10-20(22(31)27-18(13-29)11-16-8-9-26-21(16)30)28-23(32)33-14-24(3,4)34-19-7-5-6-17(25)12-19/h5-7,12-13,15-16,18,20H,8-11,14H2,1-4H3,(H,26,30)(H,27,31)(H,28,32)/t16-,18-,20-/m0/s1/i14D2. The summed E-state index contributed by atoms with van der Waals surface area (Å²) in [6.45, 7) is 4.43. The Morgan fingerprint density at radius 1 is 1.35 bits per heavy atom. The highest BCUT2D eigenvalue weighted by Gasteiger charge is 2.30. The van der Waals surface area contributed by atoms with Crippen molar-refractivity contribution in [2.75, 3.05) is 13.1 Å². The highest BCUT2D eigenvalue weighted by atomic mass is 35.5. The van der Waals surface area contributed by atoms with Crippen molar-refractivity contribution in [2.24, 2.45) is 11.8 Å². The normalized spacial score (nSPS) is 18.8. The second kappa shape index (κ2) is 12.6. The van der Waals surface area contributed by atoms with Crippen LogP contribution in [-0.2, 0) is 19.1 Å². The van der Waals surface area contributed by atoms with E-state index in [0.717, 1.165) is 0 Å². The predicted molar refractivity (Wildman–Crippen MR) is 128 cm³/mol. The number of carbonyl (C=O) groups excluding carboxylic acids is 4. The Labute approximate surface area is 208 Å². The first-order valence-electron chi connectivity index (χ1n) is 12.2. The first-order valence-corrected chi connectivity index (χ1v) is 11.6. The minimum Gasteiger partial charge on any atom is -0.484 e. The Kier molecular flexibility index (Phi) is 9.01. The SMILES string of the molecule is [2H]C([2H])(OC(=O)N[C@@H](CC(C)C)C(=O)N[C@H](C=O)C[C@@H]1CCNC1=O)C(C)(C)Oc1cccc(Cl)c1. The van der Waals surface area contributed by atoms with Gasteiger partial charge in [-0.05, 0) is 57.2 Å². The molecule has 9 nitrogen and oxygen atoms in total. The number of amides is 3. The number of benzene rings is 1. The van der Waals surface area contributed by atoms with Crippen molar-refractivity contribution in [3.05, 3.63) is 29.3 Å². The summed E-state index contributed by atoms with van der Waals surface area (Å²) < 4.78 is 27.3. The van der Waals surface area contributed by atoms with Crippen molar-refractivity contribution in [3.8, 4) is 5.75 Å². The molecule has 0 spiro atoms. The van der Waals surface area contributed by atoms with E-state index in [0.29, 0.717) is 24.3 Å². The van der Waals surface area contributed by atoms with Gasteiger partial charge in [-0.25, -0.2) is 4.79 Å². The lowest BCUT2D eigenvalue weighted by Gasteiger charge is -2.27. The molecular weight excluding hydrogens is 462 g/mol. The van der Waals surface area contributed by atoms with Crippen LogP contribution in [0, 0.1) is 11.8 Å². The molecule has 188 valence electrons. The molecule has 0 unspecified atom stereocenters. The van der Waals surface area contributed by atoms with Gasteiger partial charge in [-0.2, -0.15) is 0 Å². The molecule has 1 saturated heterocycles. The number of rotatable bonds is 12. The summed E-state index contributed by atoms with van der Waals surface area (Å²) in [6.07, 6.45) is 0.324. The summed E-state index contributed by atoms with van der Waals surface area (Å²) in [6, 6.07) is 4.36. The Morgan fingerprint density at radius 3 is 2.68 bits per heavy atom. The number of aldehydes is 1. The Bertz CT molecular complexity index is 960. The summed E-state index contributed by atoms with van der Waals surface area (Å²) >= 11 is 5.95. The van der Waals surface area contributed by atoms with Gasteiger partial charge in [-0.3, -0.25) is 9.59 Å². The molecule has 0 radical (unpaired) electrons. The zero-order chi connectivity index (χ0) is 27.1. The van der Waals surface area contributed by atoms with Gasteiger partial charge in [0, 0.05) is 17.5 Å². The molecule has 10 heteroatoms. The van der Waals surface area contributed by atoms with Crippen LogP contribution in [0.1, 0.15) is 49.7 Å². The minimum absolute atomic E-state index is 0.0179. The van der Waals surface area contributed by atoms with E-state index in [2.05, 4.69) is 16.0 Å². The molecule has 1 aromatic carbocycles. The van der Waals surface area contributed by atoms with Gasteiger partial charge < -0.3 is 30.2 Å². The predicted octanol–water partition coefficient (Wildman–Crippen LogP) is 2.85. The van der Waals surface area contributed by atoms with Crippen LogP contribution >= 0.6 is 11.6 Å². The van der Waals surface area contributed by atoms with E-state index in [1.807, 2.05) is 13.8 Å². The van der Waals surface area contributed by atoms with E-state index in [9.17, 15) is 19.2 Å². The van der Waals surface area contributed by atoms with Gasteiger partial charge in [-0.1, -0.05) is 31.5 Å². The zero-order valence-corrected chi connectivity index (χ0v) is 20.6. The number of hydrogen-bond acceptors (Lipinski definition) is 6. The number of carbonyl (C=O) groups is 4.